The van der Waals surface area contributed by atoms with Crippen molar-refractivity contribution in [2.45, 2.75) is 6.29 Å². The zero-order chi connectivity index (χ0) is 14.4. The van der Waals surface area contributed by atoms with Crippen LogP contribution in [0.5, 0.6) is 5.75 Å². The average molecular weight is 280 g/mol. The standard InChI is InChI=1S/C15H24N2O3/c1-18-14-6-4-5-13(11-14)17-9-7-16(8-10-17)12-15(19-2)20-3/h4-6,11,15H,7-10,12H2,1-3H3. The Labute approximate surface area is 121 Å². The first-order chi connectivity index (χ1) is 9.76. The molecule has 20 heavy (non-hydrogen) atoms. The van der Waals surface area contributed by atoms with Gasteiger partial charge in [0.15, 0.2) is 6.29 Å². The molecule has 1 aliphatic heterocycles. The lowest BCUT2D eigenvalue weighted by molar-refractivity contribution is -0.116. The molecule has 0 atom stereocenters. The molecule has 1 saturated heterocycles. The number of hydrogen-bond donors (Lipinski definition) is 0. The van der Waals surface area contributed by atoms with Crippen molar-refractivity contribution in [2.24, 2.45) is 0 Å². The van der Waals surface area contributed by atoms with Gasteiger partial charge in [0.05, 0.1) is 7.11 Å². The van der Waals surface area contributed by atoms with Gasteiger partial charge < -0.3 is 19.1 Å². The van der Waals surface area contributed by atoms with Crippen LogP contribution in [0.25, 0.3) is 0 Å². The lowest BCUT2D eigenvalue weighted by Gasteiger charge is -2.37. The fourth-order valence-electron chi connectivity index (χ4n) is 2.45. The topological polar surface area (TPSA) is 34.2 Å². The van der Waals surface area contributed by atoms with Gasteiger partial charge in [0.25, 0.3) is 0 Å². The van der Waals surface area contributed by atoms with Gasteiger partial charge in [-0.25, -0.2) is 0 Å². The van der Waals surface area contributed by atoms with Gasteiger partial charge in [-0.2, -0.15) is 0 Å². The van der Waals surface area contributed by atoms with Crippen molar-refractivity contribution in [3.05, 3.63) is 24.3 Å². The summed E-state index contributed by atoms with van der Waals surface area (Å²) >= 11 is 0. The molecule has 2 rings (SSSR count). The Morgan fingerprint density at radius 1 is 1.05 bits per heavy atom. The Balaban J connectivity index is 1.87. The normalized spacial score (nSPS) is 16.7. The first kappa shape index (κ1) is 15.1. The summed E-state index contributed by atoms with van der Waals surface area (Å²) in [7, 11) is 5.06. The molecule has 0 bridgehead atoms. The van der Waals surface area contributed by atoms with E-state index in [1.54, 1.807) is 21.3 Å². The molecule has 0 aromatic heterocycles. The number of anilines is 1. The Hall–Kier alpha value is -1.30. The molecule has 1 aromatic carbocycles. The summed E-state index contributed by atoms with van der Waals surface area (Å²) < 4.78 is 15.8. The minimum absolute atomic E-state index is 0.140. The lowest BCUT2D eigenvalue weighted by atomic mass is 10.2. The third-order valence-electron chi connectivity index (χ3n) is 3.72. The second kappa shape index (κ2) is 7.47. The second-order valence-corrected chi connectivity index (χ2v) is 4.89. The molecule has 1 aliphatic rings. The Bertz CT molecular complexity index is 402. The molecule has 0 N–H and O–H groups in total. The maximum absolute atomic E-state index is 5.28. The highest BCUT2D eigenvalue weighted by atomic mass is 16.7. The molecular weight excluding hydrogens is 256 g/mol. The third kappa shape index (κ3) is 3.85. The largest absolute Gasteiger partial charge is 0.497 e. The highest BCUT2D eigenvalue weighted by Crippen LogP contribution is 2.22. The first-order valence-electron chi connectivity index (χ1n) is 6.93. The molecule has 1 aromatic rings. The van der Waals surface area contributed by atoms with E-state index in [9.17, 15) is 0 Å². The van der Waals surface area contributed by atoms with Crippen molar-refractivity contribution in [1.29, 1.82) is 0 Å². The van der Waals surface area contributed by atoms with Crippen molar-refractivity contribution in [2.75, 3.05) is 59.0 Å². The number of piperazine rings is 1. The van der Waals surface area contributed by atoms with E-state index in [2.05, 4.69) is 21.9 Å². The number of rotatable bonds is 6. The molecule has 1 fully saturated rings. The predicted octanol–water partition coefficient (Wildman–Crippen LogP) is 1.44. The van der Waals surface area contributed by atoms with Crippen molar-refractivity contribution in [1.82, 2.24) is 4.90 Å². The van der Waals surface area contributed by atoms with Crippen LogP contribution < -0.4 is 9.64 Å². The first-order valence-corrected chi connectivity index (χ1v) is 6.93. The SMILES string of the molecule is COc1cccc(N2CCN(CC(OC)OC)CC2)c1. The van der Waals surface area contributed by atoms with Crippen LogP contribution in [-0.4, -0.2) is 65.2 Å². The zero-order valence-electron chi connectivity index (χ0n) is 12.5. The van der Waals surface area contributed by atoms with Gasteiger partial charge in [0.2, 0.25) is 0 Å². The molecule has 0 unspecified atom stereocenters. The van der Waals surface area contributed by atoms with Gasteiger partial charge in [-0.1, -0.05) is 6.07 Å². The average Bonchev–Trinajstić information content (AvgIpc) is 2.53. The fourth-order valence-corrected chi connectivity index (χ4v) is 2.45. The number of benzene rings is 1. The summed E-state index contributed by atoms with van der Waals surface area (Å²) in [6.45, 7) is 4.86. The van der Waals surface area contributed by atoms with Crippen LogP contribution in [0.1, 0.15) is 0 Å². The highest BCUT2D eigenvalue weighted by molar-refractivity contribution is 5.51. The van der Waals surface area contributed by atoms with Crippen LogP contribution in [0.15, 0.2) is 24.3 Å². The van der Waals surface area contributed by atoms with Gasteiger partial charge in [0, 0.05) is 58.7 Å². The van der Waals surface area contributed by atoms with Gasteiger partial charge in [-0.05, 0) is 12.1 Å². The predicted molar refractivity (Wildman–Crippen MR) is 79.5 cm³/mol. The van der Waals surface area contributed by atoms with Gasteiger partial charge in [-0.15, -0.1) is 0 Å². The van der Waals surface area contributed by atoms with Crippen molar-refractivity contribution < 1.29 is 14.2 Å². The van der Waals surface area contributed by atoms with Crippen LogP contribution >= 0.6 is 0 Å². The number of ether oxygens (including phenoxy) is 3. The van der Waals surface area contributed by atoms with E-state index in [0.717, 1.165) is 38.5 Å². The molecule has 1 heterocycles. The Morgan fingerprint density at radius 3 is 2.35 bits per heavy atom. The van der Waals surface area contributed by atoms with E-state index < -0.39 is 0 Å². The molecule has 0 saturated carbocycles. The van der Waals surface area contributed by atoms with Crippen LogP contribution in [0.4, 0.5) is 5.69 Å². The molecule has 5 heteroatoms. The maximum Gasteiger partial charge on any atom is 0.169 e. The summed E-state index contributed by atoms with van der Waals surface area (Å²) in [5.74, 6) is 0.906. The fraction of sp³-hybridized carbons (Fsp3) is 0.600. The van der Waals surface area contributed by atoms with Gasteiger partial charge in [0.1, 0.15) is 5.75 Å². The molecule has 0 spiro atoms. The van der Waals surface area contributed by atoms with Crippen molar-refractivity contribution in [3.8, 4) is 5.75 Å². The Morgan fingerprint density at radius 2 is 1.75 bits per heavy atom. The minimum Gasteiger partial charge on any atom is -0.497 e. The van der Waals surface area contributed by atoms with E-state index >= 15 is 0 Å². The number of hydrogen-bond acceptors (Lipinski definition) is 5. The molecule has 0 aliphatic carbocycles. The van der Waals surface area contributed by atoms with E-state index in [4.69, 9.17) is 14.2 Å². The highest BCUT2D eigenvalue weighted by Gasteiger charge is 2.20. The van der Waals surface area contributed by atoms with E-state index in [0.29, 0.717) is 0 Å². The summed E-state index contributed by atoms with van der Waals surface area (Å²) in [4.78, 5) is 4.75. The lowest BCUT2D eigenvalue weighted by Crippen LogP contribution is -2.49. The van der Waals surface area contributed by atoms with E-state index in [1.165, 1.54) is 5.69 Å². The monoisotopic (exact) mass is 280 g/mol. The van der Waals surface area contributed by atoms with E-state index in [-0.39, 0.29) is 6.29 Å². The summed E-state index contributed by atoms with van der Waals surface area (Å²) in [5, 5.41) is 0. The smallest absolute Gasteiger partial charge is 0.169 e. The molecule has 5 nitrogen and oxygen atoms in total. The summed E-state index contributed by atoms with van der Waals surface area (Å²) in [5.41, 5.74) is 1.22. The molecule has 112 valence electrons. The number of methoxy groups -OCH3 is 3. The molecule has 0 radical (unpaired) electrons. The number of nitrogens with zero attached hydrogens (tertiary/aromatic N) is 2. The second-order valence-electron chi connectivity index (χ2n) is 4.89. The van der Waals surface area contributed by atoms with Crippen LogP contribution in [0.2, 0.25) is 0 Å². The minimum atomic E-state index is -0.140. The molecular formula is C15H24N2O3. The summed E-state index contributed by atoms with van der Waals surface area (Å²) in [6, 6.07) is 8.22. The molecule has 0 amide bonds. The quantitative estimate of drug-likeness (QED) is 0.737. The van der Waals surface area contributed by atoms with E-state index in [1.807, 2.05) is 12.1 Å². The van der Waals surface area contributed by atoms with Crippen molar-refractivity contribution in [3.63, 3.8) is 0 Å². The summed E-state index contributed by atoms with van der Waals surface area (Å²) in [6.07, 6.45) is -0.140. The Kier molecular flexibility index (Phi) is 5.64. The van der Waals surface area contributed by atoms with Crippen molar-refractivity contribution >= 4 is 5.69 Å². The van der Waals surface area contributed by atoms with Crippen LogP contribution in [-0.2, 0) is 9.47 Å². The van der Waals surface area contributed by atoms with Crippen LogP contribution in [0, 0.1) is 0 Å². The maximum atomic E-state index is 5.28. The van der Waals surface area contributed by atoms with Gasteiger partial charge >= 0.3 is 0 Å². The van der Waals surface area contributed by atoms with Crippen LogP contribution in [0.3, 0.4) is 0 Å². The van der Waals surface area contributed by atoms with Gasteiger partial charge in [-0.3, -0.25) is 4.90 Å². The zero-order valence-corrected chi connectivity index (χ0v) is 12.5. The third-order valence-corrected chi connectivity index (χ3v) is 3.72.